The van der Waals surface area contributed by atoms with Gasteiger partial charge in [-0.3, -0.25) is 4.90 Å². The summed E-state index contributed by atoms with van der Waals surface area (Å²) in [6, 6.07) is 10.2. The average molecular weight is 328 g/mol. The number of benzene rings is 1. The van der Waals surface area contributed by atoms with Crippen LogP contribution in [0.2, 0.25) is 0 Å². The van der Waals surface area contributed by atoms with Gasteiger partial charge < -0.3 is 14.5 Å². The van der Waals surface area contributed by atoms with Gasteiger partial charge in [0.15, 0.2) is 0 Å². The van der Waals surface area contributed by atoms with Crippen LogP contribution < -0.4 is 5.32 Å². The Kier molecular flexibility index (Phi) is 4.62. The zero-order valence-electron chi connectivity index (χ0n) is 14.5. The first-order chi connectivity index (χ1) is 11.4. The third-order valence-corrected chi connectivity index (χ3v) is 3.85. The van der Waals surface area contributed by atoms with Gasteiger partial charge >= 0.3 is 6.09 Å². The number of fused-ring (bicyclic) bond motifs is 1. The maximum absolute atomic E-state index is 12.2. The number of hydrogen-bond acceptors (Lipinski definition) is 4. The Morgan fingerprint density at radius 3 is 2.71 bits per heavy atom. The molecule has 5 nitrogen and oxygen atoms in total. The minimum atomic E-state index is -0.465. The molecule has 128 valence electrons. The molecule has 0 unspecified atom stereocenters. The monoisotopic (exact) mass is 328 g/mol. The van der Waals surface area contributed by atoms with Crippen molar-refractivity contribution in [2.45, 2.75) is 52.6 Å². The summed E-state index contributed by atoms with van der Waals surface area (Å²) >= 11 is 0. The van der Waals surface area contributed by atoms with Gasteiger partial charge in [0.2, 0.25) is 0 Å². The first kappa shape index (κ1) is 16.6. The van der Waals surface area contributed by atoms with E-state index in [0.717, 1.165) is 12.3 Å². The molecule has 2 heterocycles. The molecule has 2 aromatic rings. The third kappa shape index (κ3) is 4.17. The zero-order valence-corrected chi connectivity index (χ0v) is 14.5. The molecule has 24 heavy (non-hydrogen) atoms. The number of nitrogens with one attached hydrogen (secondary N) is 1. The predicted molar refractivity (Wildman–Crippen MR) is 91.2 cm³/mol. The average Bonchev–Trinajstić information content (AvgIpc) is 3.13. The number of ether oxygens (including phenoxy) is 1. The fraction of sp³-hybridized carbons (Fsp3) is 0.421. The number of hydrogen-bond donors (Lipinski definition) is 1. The number of furan rings is 1. The third-order valence-electron chi connectivity index (χ3n) is 3.85. The Labute approximate surface area is 142 Å². The van der Waals surface area contributed by atoms with Gasteiger partial charge in [-0.25, -0.2) is 4.79 Å². The molecule has 0 atom stereocenters. The largest absolute Gasteiger partial charge is 0.468 e. The molecular weight excluding hydrogens is 304 g/mol. The standard InChI is InChI=1S/C19H24N2O3/c1-19(2,3)24-18(22)21-12-15-7-6-14(9-16(15)13-21)10-20-11-17-5-4-8-23-17/h4-9,20H,10-13H2,1-3H3. The smallest absolute Gasteiger partial charge is 0.410 e. The summed E-state index contributed by atoms with van der Waals surface area (Å²) in [6.07, 6.45) is 1.42. The first-order valence-corrected chi connectivity index (χ1v) is 8.22. The van der Waals surface area contributed by atoms with Crippen molar-refractivity contribution in [2.24, 2.45) is 0 Å². The Morgan fingerprint density at radius 1 is 1.21 bits per heavy atom. The molecule has 1 amide bonds. The fourth-order valence-electron chi connectivity index (χ4n) is 2.76. The topological polar surface area (TPSA) is 54.7 Å². The lowest BCUT2D eigenvalue weighted by atomic mass is 10.1. The normalized spacial score (nSPS) is 13.9. The van der Waals surface area contributed by atoms with Crippen molar-refractivity contribution in [2.75, 3.05) is 0 Å². The molecule has 1 aliphatic rings. The van der Waals surface area contributed by atoms with Crippen LogP contribution in [-0.2, 0) is 30.9 Å². The molecule has 5 heteroatoms. The molecular formula is C19H24N2O3. The van der Waals surface area contributed by atoms with Crippen LogP contribution in [0.5, 0.6) is 0 Å². The second-order valence-corrected chi connectivity index (χ2v) is 7.12. The van der Waals surface area contributed by atoms with Crippen molar-refractivity contribution in [3.8, 4) is 0 Å². The van der Waals surface area contributed by atoms with E-state index in [1.807, 2.05) is 32.9 Å². The van der Waals surface area contributed by atoms with Crippen molar-refractivity contribution in [1.82, 2.24) is 10.2 Å². The molecule has 0 radical (unpaired) electrons. The summed E-state index contributed by atoms with van der Waals surface area (Å²) in [6.45, 7) is 8.35. The lowest BCUT2D eigenvalue weighted by molar-refractivity contribution is 0.0242. The van der Waals surface area contributed by atoms with Gasteiger partial charge in [0.1, 0.15) is 11.4 Å². The highest BCUT2D eigenvalue weighted by molar-refractivity contribution is 5.69. The Balaban J connectivity index is 1.56. The molecule has 0 bridgehead atoms. The van der Waals surface area contributed by atoms with E-state index in [2.05, 4.69) is 23.5 Å². The van der Waals surface area contributed by atoms with E-state index in [1.54, 1.807) is 11.2 Å². The summed E-state index contributed by atoms with van der Waals surface area (Å²) in [5.41, 5.74) is 3.12. The van der Waals surface area contributed by atoms with Gasteiger partial charge in [0, 0.05) is 19.6 Å². The maximum Gasteiger partial charge on any atom is 0.410 e. The molecule has 0 fully saturated rings. The van der Waals surface area contributed by atoms with Crippen molar-refractivity contribution in [3.63, 3.8) is 0 Å². The van der Waals surface area contributed by atoms with E-state index >= 15 is 0 Å². The molecule has 1 aliphatic heterocycles. The Morgan fingerprint density at radius 2 is 2.00 bits per heavy atom. The van der Waals surface area contributed by atoms with E-state index in [-0.39, 0.29) is 6.09 Å². The zero-order chi connectivity index (χ0) is 17.2. The minimum absolute atomic E-state index is 0.254. The summed E-state index contributed by atoms with van der Waals surface area (Å²) in [4.78, 5) is 13.9. The molecule has 0 aliphatic carbocycles. The molecule has 3 rings (SSSR count). The van der Waals surface area contributed by atoms with Crippen LogP contribution in [0.4, 0.5) is 4.79 Å². The van der Waals surface area contributed by atoms with Gasteiger partial charge in [0.05, 0.1) is 12.8 Å². The van der Waals surface area contributed by atoms with Crippen LogP contribution in [0.15, 0.2) is 41.0 Å². The van der Waals surface area contributed by atoms with Crippen molar-refractivity contribution in [3.05, 3.63) is 59.0 Å². The van der Waals surface area contributed by atoms with Crippen LogP contribution in [0, 0.1) is 0 Å². The molecule has 1 aromatic carbocycles. The van der Waals surface area contributed by atoms with Gasteiger partial charge in [-0.2, -0.15) is 0 Å². The van der Waals surface area contributed by atoms with Crippen molar-refractivity contribution < 1.29 is 13.9 Å². The predicted octanol–water partition coefficient (Wildman–Crippen LogP) is 3.82. The van der Waals surface area contributed by atoms with Crippen molar-refractivity contribution >= 4 is 6.09 Å². The highest BCUT2D eigenvalue weighted by Crippen LogP contribution is 2.25. The number of rotatable bonds is 4. The second kappa shape index (κ2) is 6.69. The Bertz CT molecular complexity index is 702. The maximum atomic E-state index is 12.2. The fourth-order valence-corrected chi connectivity index (χ4v) is 2.76. The number of carbonyl (C=O) groups is 1. The van der Waals surface area contributed by atoms with Gasteiger partial charge in [-0.1, -0.05) is 18.2 Å². The van der Waals surface area contributed by atoms with Crippen LogP contribution in [0.3, 0.4) is 0 Å². The molecule has 1 aromatic heterocycles. The number of carbonyl (C=O) groups excluding carboxylic acids is 1. The quantitative estimate of drug-likeness (QED) is 0.927. The van der Waals surface area contributed by atoms with E-state index in [9.17, 15) is 4.79 Å². The second-order valence-electron chi connectivity index (χ2n) is 7.12. The van der Waals surface area contributed by atoms with Gasteiger partial charge in [-0.05, 0) is 49.6 Å². The number of amides is 1. The number of nitrogens with zero attached hydrogens (tertiary/aromatic N) is 1. The molecule has 0 saturated heterocycles. The van der Waals surface area contributed by atoms with Gasteiger partial charge in [-0.15, -0.1) is 0 Å². The van der Waals surface area contributed by atoms with Crippen LogP contribution in [0.1, 0.15) is 43.2 Å². The van der Waals surface area contributed by atoms with E-state index in [4.69, 9.17) is 9.15 Å². The summed E-state index contributed by atoms with van der Waals surface area (Å²) in [5.74, 6) is 0.923. The molecule has 0 spiro atoms. The van der Waals surface area contributed by atoms with Crippen LogP contribution >= 0.6 is 0 Å². The molecule has 1 N–H and O–H groups in total. The summed E-state index contributed by atoms with van der Waals surface area (Å²) < 4.78 is 10.8. The minimum Gasteiger partial charge on any atom is -0.468 e. The van der Waals surface area contributed by atoms with Crippen LogP contribution in [-0.4, -0.2) is 16.6 Å². The van der Waals surface area contributed by atoms with Crippen LogP contribution in [0.25, 0.3) is 0 Å². The molecule has 0 saturated carbocycles. The summed E-state index contributed by atoms with van der Waals surface area (Å²) in [5, 5.41) is 3.36. The highest BCUT2D eigenvalue weighted by Gasteiger charge is 2.27. The van der Waals surface area contributed by atoms with E-state index in [0.29, 0.717) is 19.6 Å². The van der Waals surface area contributed by atoms with E-state index < -0.39 is 5.60 Å². The lowest BCUT2D eigenvalue weighted by Gasteiger charge is -2.24. The SMILES string of the molecule is CC(C)(C)OC(=O)N1Cc2ccc(CNCc3ccco3)cc2C1. The van der Waals surface area contributed by atoms with Crippen molar-refractivity contribution in [1.29, 1.82) is 0 Å². The van der Waals surface area contributed by atoms with Gasteiger partial charge in [0.25, 0.3) is 0 Å². The summed E-state index contributed by atoms with van der Waals surface area (Å²) in [7, 11) is 0. The Hall–Kier alpha value is -2.27. The highest BCUT2D eigenvalue weighted by atomic mass is 16.6. The van der Waals surface area contributed by atoms with E-state index in [1.165, 1.54) is 16.7 Å². The first-order valence-electron chi connectivity index (χ1n) is 8.22. The lowest BCUT2D eigenvalue weighted by Crippen LogP contribution is -2.33.